The van der Waals surface area contributed by atoms with Crippen molar-refractivity contribution in [2.45, 2.75) is 26.3 Å². The first-order valence-corrected chi connectivity index (χ1v) is 7.17. The van der Waals surface area contributed by atoms with Crippen molar-refractivity contribution in [1.82, 2.24) is 20.0 Å². The molecule has 0 atom stereocenters. The lowest BCUT2D eigenvalue weighted by Gasteiger charge is -2.30. The number of carbonyl (C=O) groups excluding carboxylic acids is 1. The number of nitrogens with zero attached hydrogens (tertiary/aromatic N) is 3. The Balaban J connectivity index is 1.73. The van der Waals surface area contributed by atoms with E-state index in [0.717, 1.165) is 11.3 Å². The van der Waals surface area contributed by atoms with Crippen molar-refractivity contribution < 1.29 is 14.7 Å². The molecule has 7 heteroatoms. The van der Waals surface area contributed by atoms with Crippen LogP contribution < -0.4 is 5.32 Å². The molecule has 0 aliphatic carbocycles. The van der Waals surface area contributed by atoms with Crippen LogP contribution in [-0.2, 0) is 23.2 Å². The summed E-state index contributed by atoms with van der Waals surface area (Å²) < 4.78 is 1.75. The van der Waals surface area contributed by atoms with Gasteiger partial charge in [0.1, 0.15) is 0 Å². The Bertz CT molecular complexity index is 518. The Morgan fingerprint density at radius 2 is 2.10 bits per heavy atom. The van der Waals surface area contributed by atoms with E-state index >= 15 is 0 Å². The molecule has 0 radical (unpaired) electrons. The van der Waals surface area contributed by atoms with E-state index in [1.165, 1.54) is 0 Å². The number of aromatic nitrogens is 2. The highest BCUT2D eigenvalue weighted by atomic mass is 16.4. The largest absolute Gasteiger partial charge is 0.481 e. The fourth-order valence-corrected chi connectivity index (χ4v) is 2.61. The minimum absolute atomic E-state index is 0.0281. The molecule has 0 bridgehead atoms. The molecule has 1 amide bonds. The molecule has 1 fully saturated rings. The summed E-state index contributed by atoms with van der Waals surface area (Å²) in [5, 5.41) is 16.3. The summed E-state index contributed by atoms with van der Waals surface area (Å²) >= 11 is 0. The third kappa shape index (κ3) is 4.04. The minimum Gasteiger partial charge on any atom is -0.481 e. The molecule has 1 aromatic heterocycles. The fraction of sp³-hybridized carbons (Fsp3) is 0.643. The Morgan fingerprint density at radius 1 is 1.43 bits per heavy atom. The van der Waals surface area contributed by atoms with E-state index < -0.39 is 5.97 Å². The number of nitrogens with one attached hydrogen (secondary N) is 1. The molecular formula is C14H22N4O3. The predicted octanol–water partition coefficient (Wildman–Crippen LogP) is 0.141. The topological polar surface area (TPSA) is 87.5 Å². The predicted molar refractivity (Wildman–Crippen MR) is 76.6 cm³/mol. The van der Waals surface area contributed by atoms with E-state index in [1.54, 1.807) is 9.58 Å². The van der Waals surface area contributed by atoms with Crippen LogP contribution >= 0.6 is 0 Å². The van der Waals surface area contributed by atoms with Gasteiger partial charge in [-0.2, -0.15) is 5.10 Å². The minimum atomic E-state index is -0.757. The number of piperidine rings is 1. The molecule has 1 aliphatic heterocycles. The molecule has 2 N–H and O–H groups in total. The highest BCUT2D eigenvalue weighted by Gasteiger charge is 2.26. The van der Waals surface area contributed by atoms with Gasteiger partial charge in [-0.3, -0.25) is 14.3 Å². The Hall–Kier alpha value is -1.89. The van der Waals surface area contributed by atoms with Crippen LogP contribution in [0.5, 0.6) is 0 Å². The summed E-state index contributed by atoms with van der Waals surface area (Å²) in [5.41, 5.74) is 2.04. The number of hydrogen-bond donors (Lipinski definition) is 2. The molecule has 116 valence electrons. The van der Waals surface area contributed by atoms with Gasteiger partial charge in [0, 0.05) is 38.4 Å². The van der Waals surface area contributed by atoms with Crippen LogP contribution in [0.25, 0.3) is 0 Å². The first-order chi connectivity index (χ1) is 9.97. The molecule has 2 rings (SSSR count). The van der Waals surface area contributed by atoms with E-state index in [1.807, 2.05) is 20.2 Å². The molecule has 1 saturated heterocycles. The lowest BCUT2D eigenvalue weighted by Crippen LogP contribution is -2.44. The number of aryl methyl sites for hydroxylation is 2. The van der Waals surface area contributed by atoms with Crippen LogP contribution in [0, 0.1) is 12.8 Å². The van der Waals surface area contributed by atoms with Crippen LogP contribution in [0.4, 0.5) is 0 Å². The number of rotatable bonds is 5. The first kappa shape index (κ1) is 15.5. The highest BCUT2D eigenvalue weighted by molar-refractivity contribution is 5.78. The monoisotopic (exact) mass is 294 g/mol. The molecule has 0 saturated carbocycles. The molecule has 1 aromatic rings. The zero-order valence-electron chi connectivity index (χ0n) is 12.5. The fourth-order valence-electron chi connectivity index (χ4n) is 2.61. The number of aliphatic carboxylic acids is 1. The Kier molecular flexibility index (Phi) is 4.95. The second-order valence-corrected chi connectivity index (χ2v) is 5.51. The lowest BCUT2D eigenvalue weighted by atomic mass is 9.97. The number of likely N-dealkylation sites (tertiary alicyclic amines) is 1. The summed E-state index contributed by atoms with van der Waals surface area (Å²) in [6.45, 7) is 3.88. The van der Waals surface area contributed by atoms with E-state index in [4.69, 9.17) is 5.11 Å². The SMILES string of the molecule is Cc1nn(C)cc1CNCC(=O)N1CCC(C(=O)O)CC1. The number of amides is 1. The van der Waals surface area contributed by atoms with E-state index in [0.29, 0.717) is 32.5 Å². The van der Waals surface area contributed by atoms with Gasteiger partial charge in [0.15, 0.2) is 0 Å². The maximum atomic E-state index is 12.1. The summed E-state index contributed by atoms with van der Waals surface area (Å²) in [4.78, 5) is 24.7. The third-order valence-corrected chi connectivity index (χ3v) is 3.90. The van der Waals surface area contributed by atoms with Gasteiger partial charge in [-0.05, 0) is 19.8 Å². The Labute approximate surface area is 123 Å². The standard InChI is InChI=1S/C14H22N4O3/c1-10-12(9-17(2)16-10)7-15-8-13(19)18-5-3-11(4-6-18)14(20)21/h9,11,15H,3-8H2,1-2H3,(H,20,21). The van der Waals surface area contributed by atoms with Crippen molar-refractivity contribution in [1.29, 1.82) is 0 Å². The average molecular weight is 294 g/mol. The molecule has 0 aromatic carbocycles. The summed E-state index contributed by atoms with van der Waals surface area (Å²) in [5.74, 6) is -1.03. The van der Waals surface area contributed by atoms with Gasteiger partial charge in [-0.25, -0.2) is 0 Å². The smallest absolute Gasteiger partial charge is 0.306 e. The summed E-state index contributed by atoms with van der Waals surface area (Å²) in [7, 11) is 1.87. The zero-order chi connectivity index (χ0) is 15.4. The van der Waals surface area contributed by atoms with Gasteiger partial charge >= 0.3 is 5.97 Å². The molecule has 0 spiro atoms. The van der Waals surface area contributed by atoms with Crippen molar-refractivity contribution in [2.75, 3.05) is 19.6 Å². The summed E-state index contributed by atoms with van der Waals surface area (Å²) in [6.07, 6.45) is 3.02. The van der Waals surface area contributed by atoms with Gasteiger partial charge in [0.25, 0.3) is 0 Å². The first-order valence-electron chi connectivity index (χ1n) is 7.17. The number of hydrogen-bond acceptors (Lipinski definition) is 4. The van der Waals surface area contributed by atoms with Gasteiger partial charge in [-0.15, -0.1) is 0 Å². The number of carboxylic acid groups (broad SMARTS) is 1. The third-order valence-electron chi connectivity index (χ3n) is 3.90. The van der Waals surface area contributed by atoms with Gasteiger partial charge in [0.2, 0.25) is 5.91 Å². The zero-order valence-corrected chi connectivity index (χ0v) is 12.5. The van der Waals surface area contributed by atoms with Gasteiger partial charge in [-0.1, -0.05) is 0 Å². The van der Waals surface area contributed by atoms with E-state index in [2.05, 4.69) is 10.4 Å². The highest BCUT2D eigenvalue weighted by Crippen LogP contribution is 2.17. The van der Waals surface area contributed by atoms with Crippen LogP contribution in [0.1, 0.15) is 24.1 Å². The molecule has 1 aliphatic rings. The maximum absolute atomic E-state index is 12.1. The van der Waals surface area contributed by atoms with Gasteiger partial charge in [0.05, 0.1) is 18.2 Å². The van der Waals surface area contributed by atoms with Crippen LogP contribution in [0.15, 0.2) is 6.20 Å². The normalized spacial score (nSPS) is 16.2. The number of carboxylic acids is 1. The van der Waals surface area contributed by atoms with Crippen LogP contribution in [0.2, 0.25) is 0 Å². The molecule has 7 nitrogen and oxygen atoms in total. The molecule has 0 unspecified atom stereocenters. The van der Waals surface area contributed by atoms with Crippen molar-refractivity contribution in [3.63, 3.8) is 0 Å². The van der Waals surface area contributed by atoms with Crippen molar-refractivity contribution >= 4 is 11.9 Å². The molecular weight excluding hydrogens is 272 g/mol. The van der Waals surface area contributed by atoms with Crippen molar-refractivity contribution in [3.05, 3.63) is 17.5 Å². The van der Waals surface area contributed by atoms with E-state index in [9.17, 15) is 9.59 Å². The quantitative estimate of drug-likeness (QED) is 0.806. The van der Waals surface area contributed by atoms with Crippen molar-refractivity contribution in [3.8, 4) is 0 Å². The van der Waals surface area contributed by atoms with Crippen LogP contribution in [0.3, 0.4) is 0 Å². The maximum Gasteiger partial charge on any atom is 0.306 e. The van der Waals surface area contributed by atoms with Crippen LogP contribution in [-0.4, -0.2) is 51.3 Å². The Morgan fingerprint density at radius 3 is 2.62 bits per heavy atom. The second-order valence-electron chi connectivity index (χ2n) is 5.51. The van der Waals surface area contributed by atoms with E-state index in [-0.39, 0.29) is 18.4 Å². The van der Waals surface area contributed by atoms with Crippen molar-refractivity contribution in [2.24, 2.45) is 13.0 Å². The molecule has 2 heterocycles. The molecule has 21 heavy (non-hydrogen) atoms. The van der Waals surface area contributed by atoms with Gasteiger partial charge < -0.3 is 15.3 Å². The average Bonchev–Trinajstić information content (AvgIpc) is 2.77. The lowest BCUT2D eigenvalue weighted by molar-refractivity contribution is -0.145. The number of carbonyl (C=O) groups is 2. The second kappa shape index (κ2) is 6.71. The summed E-state index contributed by atoms with van der Waals surface area (Å²) in [6, 6.07) is 0.